The molecule has 6 heteroatoms. The predicted octanol–water partition coefficient (Wildman–Crippen LogP) is 1.77. The van der Waals surface area contributed by atoms with E-state index in [0.717, 1.165) is 5.56 Å². The Morgan fingerprint density at radius 3 is 2.81 bits per heavy atom. The molecular formula is C15H14N2O4. The van der Waals surface area contributed by atoms with Crippen LogP contribution in [0.1, 0.15) is 12.1 Å². The Labute approximate surface area is 121 Å². The van der Waals surface area contributed by atoms with Gasteiger partial charge in [0.05, 0.1) is 18.2 Å². The fraction of sp³-hybridized carbons (Fsp3) is 0.267. The number of likely N-dealkylation sites (tertiary alicyclic amines) is 1. The van der Waals surface area contributed by atoms with Gasteiger partial charge in [0.1, 0.15) is 6.26 Å². The van der Waals surface area contributed by atoms with Gasteiger partial charge in [0.25, 0.3) is 0 Å². The van der Waals surface area contributed by atoms with E-state index in [0.29, 0.717) is 11.6 Å². The van der Waals surface area contributed by atoms with Crippen molar-refractivity contribution >= 4 is 11.9 Å². The van der Waals surface area contributed by atoms with E-state index >= 15 is 0 Å². The largest absolute Gasteiger partial charge is 0.481 e. The lowest BCUT2D eigenvalue weighted by Crippen LogP contribution is -2.25. The van der Waals surface area contributed by atoms with E-state index in [-0.39, 0.29) is 25.4 Å². The molecule has 0 unspecified atom stereocenters. The van der Waals surface area contributed by atoms with Gasteiger partial charge in [-0.05, 0) is 12.1 Å². The van der Waals surface area contributed by atoms with Crippen molar-refractivity contribution in [2.45, 2.75) is 13.0 Å². The molecule has 1 atom stereocenters. The van der Waals surface area contributed by atoms with Crippen LogP contribution in [0.3, 0.4) is 0 Å². The van der Waals surface area contributed by atoms with Gasteiger partial charge in [-0.1, -0.05) is 18.2 Å². The number of carboxylic acid groups (broad SMARTS) is 1. The molecule has 1 aromatic carbocycles. The maximum atomic E-state index is 11.8. The molecule has 1 fully saturated rings. The summed E-state index contributed by atoms with van der Waals surface area (Å²) >= 11 is 0. The molecule has 1 aromatic heterocycles. The zero-order chi connectivity index (χ0) is 14.8. The number of amides is 1. The summed E-state index contributed by atoms with van der Waals surface area (Å²) < 4.78 is 5.41. The Bertz CT molecular complexity index is 665. The van der Waals surface area contributed by atoms with Crippen LogP contribution < -0.4 is 0 Å². The van der Waals surface area contributed by atoms with Gasteiger partial charge in [-0.3, -0.25) is 9.59 Å². The monoisotopic (exact) mass is 286 g/mol. The smallest absolute Gasteiger partial charge is 0.308 e. The number of rotatable bonds is 4. The topological polar surface area (TPSA) is 83.6 Å². The molecule has 1 N–H and O–H groups in total. The molecule has 0 bridgehead atoms. The molecule has 6 nitrogen and oxygen atoms in total. The Balaban J connectivity index is 1.71. The summed E-state index contributed by atoms with van der Waals surface area (Å²) in [7, 11) is 0. The van der Waals surface area contributed by atoms with Gasteiger partial charge in [0.2, 0.25) is 11.8 Å². The lowest BCUT2D eigenvalue weighted by molar-refractivity contribution is -0.141. The number of aliphatic carboxylic acids is 1. The fourth-order valence-electron chi connectivity index (χ4n) is 2.38. The lowest BCUT2D eigenvalue weighted by atomic mass is 10.1. The number of carbonyl (C=O) groups is 2. The van der Waals surface area contributed by atoms with E-state index in [9.17, 15) is 9.59 Å². The molecule has 0 radical (unpaired) electrons. The molecule has 1 aliphatic heterocycles. The van der Waals surface area contributed by atoms with Crippen LogP contribution in [0, 0.1) is 5.92 Å². The molecule has 1 amide bonds. The third kappa shape index (κ3) is 2.79. The van der Waals surface area contributed by atoms with Crippen molar-refractivity contribution in [3.63, 3.8) is 0 Å². The molecule has 0 spiro atoms. The van der Waals surface area contributed by atoms with E-state index < -0.39 is 11.9 Å². The predicted molar refractivity (Wildman–Crippen MR) is 73.1 cm³/mol. The van der Waals surface area contributed by atoms with Crippen molar-refractivity contribution in [3.05, 3.63) is 42.3 Å². The van der Waals surface area contributed by atoms with Crippen molar-refractivity contribution in [1.29, 1.82) is 0 Å². The first-order chi connectivity index (χ1) is 10.1. The third-order valence-electron chi connectivity index (χ3n) is 3.49. The van der Waals surface area contributed by atoms with E-state index in [1.54, 1.807) is 0 Å². The maximum absolute atomic E-state index is 11.8. The molecule has 1 saturated heterocycles. The first-order valence-electron chi connectivity index (χ1n) is 6.64. The average Bonchev–Trinajstić information content (AvgIpc) is 3.08. The molecule has 108 valence electrons. The highest BCUT2D eigenvalue weighted by molar-refractivity contribution is 5.86. The van der Waals surface area contributed by atoms with Crippen molar-refractivity contribution in [1.82, 2.24) is 9.88 Å². The number of hydrogen-bond donors (Lipinski definition) is 1. The second-order valence-electron chi connectivity index (χ2n) is 5.02. The first kappa shape index (κ1) is 13.4. The van der Waals surface area contributed by atoms with Gasteiger partial charge in [-0.25, -0.2) is 4.98 Å². The van der Waals surface area contributed by atoms with Gasteiger partial charge < -0.3 is 14.4 Å². The van der Waals surface area contributed by atoms with Crippen LogP contribution in [0.5, 0.6) is 0 Å². The van der Waals surface area contributed by atoms with E-state index in [2.05, 4.69) is 4.98 Å². The summed E-state index contributed by atoms with van der Waals surface area (Å²) in [6.07, 6.45) is 1.56. The van der Waals surface area contributed by atoms with Crippen LogP contribution in [0.25, 0.3) is 11.5 Å². The Kier molecular flexibility index (Phi) is 3.43. The highest BCUT2D eigenvalue weighted by Crippen LogP contribution is 2.22. The fourth-order valence-corrected chi connectivity index (χ4v) is 2.38. The van der Waals surface area contributed by atoms with Crippen molar-refractivity contribution in [3.8, 4) is 11.5 Å². The summed E-state index contributed by atoms with van der Waals surface area (Å²) in [6, 6.07) is 9.46. The Morgan fingerprint density at radius 1 is 1.38 bits per heavy atom. The van der Waals surface area contributed by atoms with Crippen molar-refractivity contribution in [2.24, 2.45) is 5.92 Å². The summed E-state index contributed by atoms with van der Waals surface area (Å²) in [5.74, 6) is -1.23. The second-order valence-corrected chi connectivity index (χ2v) is 5.02. The van der Waals surface area contributed by atoms with E-state index in [4.69, 9.17) is 9.52 Å². The standard InChI is InChI=1S/C15H14N2O4/c18-13-6-11(15(19)20)7-17(13)8-12-9-21-14(16-12)10-4-2-1-3-5-10/h1-5,9,11H,6-8H2,(H,19,20)/t11-/m0/s1. The van der Waals surface area contributed by atoms with Crippen LogP contribution in [0.15, 0.2) is 41.0 Å². The molecule has 2 heterocycles. The minimum Gasteiger partial charge on any atom is -0.481 e. The molecule has 0 aliphatic carbocycles. The summed E-state index contributed by atoms with van der Waals surface area (Å²) in [6.45, 7) is 0.501. The second kappa shape index (κ2) is 5.40. The van der Waals surface area contributed by atoms with Crippen LogP contribution >= 0.6 is 0 Å². The van der Waals surface area contributed by atoms with Crippen LogP contribution in [0.2, 0.25) is 0 Å². The minimum absolute atomic E-state index is 0.0543. The van der Waals surface area contributed by atoms with Crippen molar-refractivity contribution in [2.75, 3.05) is 6.54 Å². The van der Waals surface area contributed by atoms with E-state index in [1.165, 1.54) is 11.2 Å². The molecule has 1 aliphatic rings. The number of aromatic nitrogens is 1. The molecule has 21 heavy (non-hydrogen) atoms. The highest BCUT2D eigenvalue weighted by Gasteiger charge is 2.34. The molecule has 3 rings (SSSR count). The number of oxazole rings is 1. The number of hydrogen-bond acceptors (Lipinski definition) is 4. The molecular weight excluding hydrogens is 272 g/mol. The first-order valence-corrected chi connectivity index (χ1v) is 6.64. The maximum Gasteiger partial charge on any atom is 0.308 e. The van der Waals surface area contributed by atoms with Gasteiger partial charge in [0, 0.05) is 18.5 Å². The molecule has 2 aromatic rings. The zero-order valence-electron chi connectivity index (χ0n) is 11.2. The normalized spacial score (nSPS) is 18.2. The number of carbonyl (C=O) groups excluding carboxylic acids is 1. The third-order valence-corrected chi connectivity index (χ3v) is 3.49. The zero-order valence-corrected chi connectivity index (χ0v) is 11.2. The average molecular weight is 286 g/mol. The Morgan fingerprint density at radius 2 is 2.14 bits per heavy atom. The SMILES string of the molecule is O=C(O)[C@H]1CC(=O)N(Cc2coc(-c3ccccc3)n2)C1. The van der Waals surface area contributed by atoms with Gasteiger partial charge >= 0.3 is 5.97 Å². The van der Waals surface area contributed by atoms with Gasteiger partial charge in [0.15, 0.2) is 0 Å². The Hall–Kier alpha value is -2.63. The number of benzene rings is 1. The molecule has 0 saturated carbocycles. The summed E-state index contributed by atoms with van der Waals surface area (Å²) in [5, 5.41) is 8.95. The van der Waals surface area contributed by atoms with Crippen LogP contribution in [-0.4, -0.2) is 33.4 Å². The van der Waals surface area contributed by atoms with Crippen LogP contribution in [-0.2, 0) is 16.1 Å². The quantitative estimate of drug-likeness (QED) is 0.926. The van der Waals surface area contributed by atoms with Crippen LogP contribution in [0.4, 0.5) is 0 Å². The van der Waals surface area contributed by atoms with Crippen molar-refractivity contribution < 1.29 is 19.1 Å². The lowest BCUT2D eigenvalue weighted by Gasteiger charge is -2.13. The van der Waals surface area contributed by atoms with Gasteiger partial charge in [-0.2, -0.15) is 0 Å². The minimum atomic E-state index is -0.934. The number of nitrogens with zero attached hydrogens (tertiary/aromatic N) is 2. The van der Waals surface area contributed by atoms with Gasteiger partial charge in [-0.15, -0.1) is 0 Å². The highest BCUT2D eigenvalue weighted by atomic mass is 16.4. The van der Waals surface area contributed by atoms with E-state index in [1.807, 2.05) is 30.3 Å². The number of carboxylic acids is 1. The summed E-state index contributed by atoms with van der Waals surface area (Å²) in [5.41, 5.74) is 1.48. The summed E-state index contributed by atoms with van der Waals surface area (Å²) in [4.78, 5) is 28.5.